The highest BCUT2D eigenvalue weighted by molar-refractivity contribution is 6.20. The number of hydrogen-bond acceptors (Lipinski definition) is 4. The molecule has 5 heteroatoms. The number of unbranched alkanes of at least 4 members (excludes halogenated alkanes) is 4. The largest absolute Gasteiger partial charge is 0.458 e. The maximum absolute atomic E-state index is 12.8. The lowest BCUT2D eigenvalue weighted by molar-refractivity contribution is -0.173. The van der Waals surface area contributed by atoms with Crippen molar-refractivity contribution in [2.75, 3.05) is 0 Å². The Kier molecular flexibility index (Phi) is 14.2. The van der Waals surface area contributed by atoms with E-state index in [2.05, 4.69) is 13.8 Å². The van der Waals surface area contributed by atoms with Gasteiger partial charge in [-0.1, -0.05) is 90.9 Å². The van der Waals surface area contributed by atoms with Crippen molar-refractivity contribution in [2.45, 2.75) is 166 Å². The highest BCUT2D eigenvalue weighted by Gasteiger charge is 2.36. The number of alkyl halides is 1. The van der Waals surface area contributed by atoms with Gasteiger partial charge in [-0.05, 0) is 62.2 Å². The van der Waals surface area contributed by atoms with Crippen molar-refractivity contribution in [1.82, 2.24) is 0 Å². The number of halogens is 1. The quantitative estimate of drug-likeness (QED) is 0.126. The lowest BCUT2D eigenvalue weighted by Crippen LogP contribution is -2.41. The molecule has 3 atom stereocenters. The summed E-state index contributed by atoms with van der Waals surface area (Å²) in [7, 11) is 0. The average Bonchev–Trinajstić information content (AvgIpc) is 2.88. The molecular formula is C32H55ClO4. The van der Waals surface area contributed by atoms with E-state index in [1.807, 2.05) is 0 Å². The molecule has 3 fully saturated rings. The molecule has 0 saturated heterocycles. The number of carbonyl (C=O) groups excluding carboxylic acids is 2. The SMILES string of the molecule is CCCCCC1CCC(CC(=O)OC2CCC(Cl)CC2OC(=O)CC2CCC(CCCCC)CC2)CC1. The molecule has 3 rings (SSSR count). The Morgan fingerprint density at radius 3 is 1.49 bits per heavy atom. The van der Waals surface area contributed by atoms with E-state index in [1.165, 1.54) is 77.0 Å². The first-order valence-corrected chi connectivity index (χ1v) is 16.4. The van der Waals surface area contributed by atoms with Gasteiger partial charge in [0.1, 0.15) is 12.2 Å². The second-order valence-electron chi connectivity index (χ2n) is 12.6. The Morgan fingerprint density at radius 2 is 1.03 bits per heavy atom. The van der Waals surface area contributed by atoms with Crippen LogP contribution in [0.3, 0.4) is 0 Å². The molecule has 0 spiro atoms. The standard InChI is InChI=1S/C32H55ClO4/c1-3-5-7-9-24-11-15-26(16-12-24)21-31(34)36-29-20-19-28(33)23-30(29)37-32(35)22-27-17-13-25(14-18-27)10-8-6-4-2/h24-30H,3-23H2,1-2H3. The maximum Gasteiger partial charge on any atom is 0.306 e. The van der Waals surface area contributed by atoms with Gasteiger partial charge in [0.2, 0.25) is 0 Å². The van der Waals surface area contributed by atoms with Gasteiger partial charge in [0, 0.05) is 24.6 Å². The lowest BCUT2D eigenvalue weighted by Gasteiger charge is -2.34. The third-order valence-electron chi connectivity index (χ3n) is 9.51. The number of carbonyl (C=O) groups is 2. The summed E-state index contributed by atoms with van der Waals surface area (Å²) in [5, 5.41) is -0.0192. The Bertz CT molecular complexity index is 651. The van der Waals surface area contributed by atoms with E-state index in [0.29, 0.717) is 37.5 Å². The molecule has 0 aromatic heterocycles. The molecule has 0 amide bonds. The number of ether oxygens (including phenoxy) is 2. The molecule has 0 heterocycles. The van der Waals surface area contributed by atoms with Crippen molar-refractivity contribution in [1.29, 1.82) is 0 Å². The topological polar surface area (TPSA) is 52.6 Å². The minimum atomic E-state index is -0.396. The summed E-state index contributed by atoms with van der Waals surface area (Å²) < 4.78 is 11.9. The Hall–Kier alpha value is -0.770. The van der Waals surface area contributed by atoms with Crippen LogP contribution in [0.15, 0.2) is 0 Å². The van der Waals surface area contributed by atoms with Crippen molar-refractivity contribution in [2.24, 2.45) is 23.7 Å². The zero-order chi connectivity index (χ0) is 26.5. The van der Waals surface area contributed by atoms with Crippen LogP contribution in [-0.4, -0.2) is 29.5 Å². The summed E-state index contributed by atoms with van der Waals surface area (Å²) in [5.74, 6) is 2.31. The van der Waals surface area contributed by atoms with Gasteiger partial charge in [-0.3, -0.25) is 9.59 Å². The van der Waals surface area contributed by atoms with Crippen molar-refractivity contribution in [3.63, 3.8) is 0 Å². The van der Waals surface area contributed by atoms with Crippen molar-refractivity contribution in [3.8, 4) is 0 Å². The maximum atomic E-state index is 12.8. The third kappa shape index (κ3) is 11.5. The molecule has 3 saturated carbocycles. The molecule has 0 aromatic rings. The molecular weight excluding hydrogens is 484 g/mol. The fourth-order valence-electron chi connectivity index (χ4n) is 7.03. The molecule has 3 unspecified atom stereocenters. The first-order valence-electron chi connectivity index (χ1n) is 16.0. The minimum absolute atomic E-state index is 0.0192. The van der Waals surface area contributed by atoms with Crippen LogP contribution in [0.2, 0.25) is 0 Å². The molecule has 0 aromatic carbocycles. The highest BCUT2D eigenvalue weighted by Crippen LogP contribution is 2.36. The van der Waals surface area contributed by atoms with Gasteiger partial charge in [0.25, 0.3) is 0 Å². The van der Waals surface area contributed by atoms with Crippen LogP contribution in [0.5, 0.6) is 0 Å². The molecule has 0 aliphatic heterocycles. The van der Waals surface area contributed by atoms with Crippen LogP contribution in [0, 0.1) is 23.7 Å². The predicted molar refractivity (Wildman–Crippen MR) is 152 cm³/mol. The van der Waals surface area contributed by atoms with E-state index >= 15 is 0 Å². The molecule has 0 N–H and O–H groups in total. The second-order valence-corrected chi connectivity index (χ2v) is 13.3. The fourth-order valence-corrected chi connectivity index (χ4v) is 7.33. The molecule has 0 bridgehead atoms. The Morgan fingerprint density at radius 1 is 0.595 bits per heavy atom. The molecule has 3 aliphatic rings. The lowest BCUT2D eigenvalue weighted by atomic mass is 9.78. The van der Waals surface area contributed by atoms with E-state index in [9.17, 15) is 9.59 Å². The van der Waals surface area contributed by atoms with Crippen LogP contribution in [-0.2, 0) is 19.1 Å². The van der Waals surface area contributed by atoms with Gasteiger partial charge in [0.05, 0.1) is 0 Å². The van der Waals surface area contributed by atoms with E-state index in [1.54, 1.807) is 0 Å². The van der Waals surface area contributed by atoms with Crippen LogP contribution in [0.1, 0.15) is 149 Å². The zero-order valence-electron chi connectivity index (χ0n) is 23.9. The third-order valence-corrected chi connectivity index (χ3v) is 9.90. The van der Waals surface area contributed by atoms with E-state index < -0.39 is 6.10 Å². The van der Waals surface area contributed by atoms with E-state index in [4.69, 9.17) is 21.1 Å². The van der Waals surface area contributed by atoms with Crippen molar-refractivity contribution >= 4 is 23.5 Å². The molecule has 0 radical (unpaired) electrons. The summed E-state index contributed by atoms with van der Waals surface area (Å²) in [4.78, 5) is 25.7. The molecule has 37 heavy (non-hydrogen) atoms. The normalized spacial score (nSPS) is 32.6. The molecule has 214 valence electrons. The summed E-state index contributed by atoms with van der Waals surface area (Å²) in [6.45, 7) is 4.52. The highest BCUT2D eigenvalue weighted by atomic mass is 35.5. The average molecular weight is 539 g/mol. The summed E-state index contributed by atoms with van der Waals surface area (Å²) in [6, 6.07) is 0. The van der Waals surface area contributed by atoms with Crippen LogP contribution < -0.4 is 0 Å². The summed E-state index contributed by atoms with van der Waals surface area (Å²) in [5.41, 5.74) is 0. The molecule has 3 aliphatic carbocycles. The van der Waals surface area contributed by atoms with Gasteiger partial charge in [-0.2, -0.15) is 0 Å². The van der Waals surface area contributed by atoms with Crippen molar-refractivity contribution in [3.05, 3.63) is 0 Å². The van der Waals surface area contributed by atoms with Gasteiger partial charge >= 0.3 is 11.9 Å². The number of esters is 2. The summed E-state index contributed by atoms with van der Waals surface area (Å²) >= 11 is 6.44. The van der Waals surface area contributed by atoms with Crippen LogP contribution in [0.4, 0.5) is 0 Å². The van der Waals surface area contributed by atoms with Crippen molar-refractivity contribution < 1.29 is 19.1 Å². The Balaban J connectivity index is 1.37. The van der Waals surface area contributed by atoms with E-state index in [-0.39, 0.29) is 23.4 Å². The van der Waals surface area contributed by atoms with Crippen LogP contribution >= 0.6 is 11.6 Å². The first-order chi connectivity index (χ1) is 18.0. The van der Waals surface area contributed by atoms with Gasteiger partial charge in [-0.15, -0.1) is 11.6 Å². The monoisotopic (exact) mass is 538 g/mol. The van der Waals surface area contributed by atoms with Gasteiger partial charge < -0.3 is 9.47 Å². The second kappa shape index (κ2) is 17.0. The fraction of sp³-hybridized carbons (Fsp3) is 0.938. The Labute approximate surface area is 232 Å². The number of rotatable bonds is 14. The van der Waals surface area contributed by atoms with Gasteiger partial charge in [-0.25, -0.2) is 0 Å². The predicted octanol–water partition coefficient (Wildman–Crippen LogP) is 9.15. The number of hydrogen-bond donors (Lipinski definition) is 0. The minimum Gasteiger partial charge on any atom is -0.458 e. The smallest absolute Gasteiger partial charge is 0.306 e. The van der Waals surface area contributed by atoms with E-state index in [0.717, 1.165) is 43.9 Å². The first kappa shape index (κ1) is 30.8. The summed E-state index contributed by atoms with van der Waals surface area (Å²) in [6.07, 6.45) is 22.5. The zero-order valence-corrected chi connectivity index (χ0v) is 24.7. The van der Waals surface area contributed by atoms with Gasteiger partial charge in [0.15, 0.2) is 0 Å². The van der Waals surface area contributed by atoms with Crippen LogP contribution in [0.25, 0.3) is 0 Å². The molecule has 4 nitrogen and oxygen atoms in total.